The molecule has 0 aromatic heterocycles. The zero-order chi connectivity index (χ0) is 10.6. The lowest BCUT2D eigenvalue weighted by Gasteiger charge is -2.08. The number of benzene rings is 1. The quantitative estimate of drug-likeness (QED) is 0.720. The fourth-order valence-electron chi connectivity index (χ4n) is 1.07. The van der Waals surface area contributed by atoms with Crippen molar-refractivity contribution in [3.63, 3.8) is 0 Å². The fraction of sp³-hybridized carbons (Fsp3) is 0.273. The van der Waals surface area contributed by atoms with Gasteiger partial charge in [0.25, 0.3) is 0 Å². The molecule has 74 valence electrons. The number of rotatable bonds is 2. The largest absolute Gasteiger partial charge is 0.323 e. The molecule has 0 aliphatic rings. The van der Waals surface area contributed by atoms with Crippen molar-refractivity contribution in [1.29, 1.82) is 0 Å². The van der Waals surface area contributed by atoms with Crippen molar-refractivity contribution in [1.82, 2.24) is 0 Å². The Morgan fingerprint density at radius 2 is 2.07 bits per heavy atom. The Bertz CT molecular complexity index is 377. The van der Waals surface area contributed by atoms with Gasteiger partial charge in [-0.05, 0) is 24.6 Å². The molecule has 0 saturated carbocycles. The number of nitrogens with two attached hydrogens (primary N) is 1. The lowest BCUT2D eigenvalue weighted by molar-refractivity contribution is 0.505. The van der Waals surface area contributed by atoms with Crippen molar-refractivity contribution in [2.75, 3.05) is 0 Å². The number of hydrogen-bond donors (Lipinski definition) is 1. The van der Waals surface area contributed by atoms with Crippen molar-refractivity contribution in [3.8, 4) is 11.8 Å². The van der Waals surface area contributed by atoms with Gasteiger partial charge in [0.15, 0.2) is 11.6 Å². The molecule has 0 aliphatic carbocycles. The van der Waals surface area contributed by atoms with Crippen LogP contribution in [0.3, 0.4) is 0 Å². The molecular weight excluding hydrogens is 184 g/mol. The second kappa shape index (κ2) is 4.73. The maximum atomic E-state index is 12.8. The molecule has 0 bridgehead atoms. The van der Waals surface area contributed by atoms with Crippen molar-refractivity contribution in [2.24, 2.45) is 5.73 Å². The zero-order valence-electron chi connectivity index (χ0n) is 7.85. The molecule has 1 aromatic rings. The third-order valence-corrected chi connectivity index (χ3v) is 1.87. The van der Waals surface area contributed by atoms with E-state index in [1.165, 1.54) is 6.07 Å². The van der Waals surface area contributed by atoms with Crippen molar-refractivity contribution >= 4 is 0 Å². The Labute approximate surface area is 81.9 Å². The summed E-state index contributed by atoms with van der Waals surface area (Å²) >= 11 is 0. The zero-order valence-corrected chi connectivity index (χ0v) is 7.85. The summed E-state index contributed by atoms with van der Waals surface area (Å²) in [6, 6.07) is 3.29. The summed E-state index contributed by atoms with van der Waals surface area (Å²) in [6.45, 7) is 1.71. The van der Waals surface area contributed by atoms with Gasteiger partial charge in [-0.15, -0.1) is 11.8 Å². The van der Waals surface area contributed by atoms with E-state index in [0.717, 1.165) is 12.1 Å². The summed E-state index contributed by atoms with van der Waals surface area (Å²) < 4.78 is 25.4. The molecule has 14 heavy (non-hydrogen) atoms. The van der Waals surface area contributed by atoms with Crippen LogP contribution < -0.4 is 5.73 Å². The van der Waals surface area contributed by atoms with Crippen LogP contribution in [-0.4, -0.2) is 0 Å². The third-order valence-electron chi connectivity index (χ3n) is 1.87. The van der Waals surface area contributed by atoms with E-state index in [4.69, 9.17) is 5.73 Å². The van der Waals surface area contributed by atoms with Gasteiger partial charge in [0, 0.05) is 12.5 Å². The fourth-order valence-corrected chi connectivity index (χ4v) is 1.07. The Morgan fingerprint density at radius 1 is 1.36 bits per heavy atom. The van der Waals surface area contributed by atoms with Gasteiger partial charge in [-0.2, -0.15) is 0 Å². The average Bonchev–Trinajstić information content (AvgIpc) is 2.18. The van der Waals surface area contributed by atoms with E-state index in [1.807, 2.05) is 0 Å². The minimum absolute atomic E-state index is 0.363. The SMILES string of the molecule is CC#CCC(N)c1ccc(F)c(F)c1. The second-order valence-electron chi connectivity index (χ2n) is 2.91. The third kappa shape index (κ3) is 2.54. The van der Waals surface area contributed by atoms with E-state index in [0.29, 0.717) is 12.0 Å². The van der Waals surface area contributed by atoms with Crippen molar-refractivity contribution in [2.45, 2.75) is 19.4 Å². The van der Waals surface area contributed by atoms with Crippen LogP contribution in [0.1, 0.15) is 24.9 Å². The first-order valence-electron chi connectivity index (χ1n) is 4.25. The summed E-state index contributed by atoms with van der Waals surface area (Å²) in [5, 5.41) is 0. The van der Waals surface area contributed by atoms with Crippen LogP contribution in [0, 0.1) is 23.5 Å². The molecule has 0 fully saturated rings. The van der Waals surface area contributed by atoms with Gasteiger partial charge in [0.05, 0.1) is 0 Å². The minimum atomic E-state index is -0.873. The molecule has 3 heteroatoms. The molecule has 2 N–H and O–H groups in total. The standard InChI is InChI=1S/C11H11F2N/c1-2-3-4-11(14)8-5-6-9(12)10(13)7-8/h5-7,11H,4,14H2,1H3. The van der Waals surface area contributed by atoms with Crippen LogP contribution in [0.2, 0.25) is 0 Å². The van der Waals surface area contributed by atoms with Crippen LogP contribution >= 0.6 is 0 Å². The molecule has 1 atom stereocenters. The molecule has 1 unspecified atom stereocenters. The predicted molar refractivity (Wildman–Crippen MR) is 51.4 cm³/mol. The molecule has 0 saturated heterocycles. The number of halogens is 2. The van der Waals surface area contributed by atoms with Gasteiger partial charge >= 0.3 is 0 Å². The molecule has 1 aromatic carbocycles. The molecule has 0 spiro atoms. The van der Waals surface area contributed by atoms with Gasteiger partial charge in [0.1, 0.15) is 0 Å². The van der Waals surface area contributed by atoms with Gasteiger partial charge in [-0.25, -0.2) is 8.78 Å². The first-order chi connectivity index (χ1) is 6.65. The lowest BCUT2D eigenvalue weighted by atomic mass is 10.0. The molecule has 0 radical (unpaired) electrons. The van der Waals surface area contributed by atoms with Crippen LogP contribution in [0.5, 0.6) is 0 Å². The normalized spacial score (nSPS) is 11.7. The van der Waals surface area contributed by atoms with Crippen LogP contribution in [0.15, 0.2) is 18.2 Å². The minimum Gasteiger partial charge on any atom is -0.323 e. The smallest absolute Gasteiger partial charge is 0.159 e. The van der Waals surface area contributed by atoms with E-state index in [9.17, 15) is 8.78 Å². The van der Waals surface area contributed by atoms with Gasteiger partial charge < -0.3 is 5.73 Å². The molecule has 0 aliphatic heterocycles. The Morgan fingerprint density at radius 3 is 2.64 bits per heavy atom. The highest BCUT2D eigenvalue weighted by Crippen LogP contribution is 2.16. The summed E-state index contributed by atoms with van der Waals surface area (Å²) in [7, 11) is 0. The van der Waals surface area contributed by atoms with Crippen LogP contribution in [0.4, 0.5) is 8.78 Å². The topological polar surface area (TPSA) is 26.0 Å². The maximum absolute atomic E-state index is 12.8. The van der Waals surface area contributed by atoms with Gasteiger partial charge in [0.2, 0.25) is 0 Å². The highest BCUT2D eigenvalue weighted by molar-refractivity contribution is 5.22. The van der Waals surface area contributed by atoms with Crippen molar-refractivity contribution in [3.05, 3.63) is 35.4 Å². The Balaban J connectivity index is 2.83. The molecular formula is C11H11F2N. The summed E-state index contributed by atoms with van der Waals surface area (Å²) in [5.74, 6) is 3.75. The predicted octanol–water partition coefficient (Wildman–Crippen LogP) is 2.38. The van der Waals surface area contributed by atoms with E-state index in [1.54, 1.807) is 6.92 Å². The number of hydrogen-bond acceptors (Lipinski definition) is 1. The maximum Gasteiger partial charge on any atom is 0.159 e. The van der Waals surface area contributed by atoms with E-state index < -0.39 is 11.6 Å². The summed E-state index contributed by atoms with van der Waals surface area (Å²) in [4.78, 5) is 0. The molecule has 0 amide bonds. The Kier molecular flexibility index (Phi) is 3.61. The summed E-state index contributed by atoms with van der Waals surface area (Å²) in [5.41, 5.74) is 6.27. The van der Waals surface area contributed by atoms with E-state index >= 15 is 0 Å². The van der Waals surface area contributed by atoms with Gasteiger partial charge in [-0.1, -0.05) is 6.07 Å². The highest BCUT2D eigenvalue weighted by Gasteiger charge is 2.07. The molecule has 1 nitrogen and oxygen atoms in total. The lowest BCUT2D eigenvalue weighted by Crippen LogP contribution is -2.09. The molecule has 0 heterocycles. The summed E-state index contributed by atoms with van der Waals surface area (Å²) in [6.07, 6.45) is 0.446. The first kappa shape index (κ1) is 10.7. The van der Waals surface area contributed by atoms with E-state index in [-0.39, 0.29) is 6.04 Å². The van der Waals surface area contributed by atoms with Crippen molar-refractivity contribution < 1.29 is 8.78 Å². The second-order valence-corrected chi connectivity index (χ2v) is 2.91. The monoisotopic (exact) mass is 195 g/mol. The van der Waals surface area contributed by atoms with E-state index in [2.05, 4.69) is 11.8 Å². The first-order valence-corrected chi connectivity index (χ1v) is 4.25. The van der Waals surface area contributed by atoms with Crippen LogP contribution in [0.25, 0.3) is 0 Å². The molecule has 1 rings (SSSR count). The average molecular weight is 195 g/mol. The van der Waals surface area contributed by atoms with Gasteiger partial charge in [-0.3, -0.25) is 0 Å². The Hall–Kier alpha value is -1.40. The highest BCUT2D eigenvalue weighted by atomic mass is 19.2. The van der Waals surface area contributed by atoms with Crippen LogP contribution in [-0.2, 0) is 0 Å².